The molecule has 0 fully saturated rings. The summed E-state index contributed by atoms with van der Waals surface area (Å²) in [6.07, 6.45) is 0.820. The highest BCUT2D eigenvalue weighted by atomic mass is 32.1. The minimum absolute atomic E-state index is 0.138. The Hall–Kier alpha value is -1.96. The summed E-state index contributed by atoms with van der Waals surface area (Å²) in [5, 5.41) is 1.87. The molecule has 0 saturated heterocycles. The third kappa shape index (κ3) is 9.00. The van der Waals surface area contributed by atoms with Crippen molar-refractivity contribution in [3.8, 4) is 0 Å². The maximum Gasteiger partial charge on any atom is 0.330 e. The normalized spacial score (nSPS) is 8.94. The van der Waals surface area contributed by atoms with Crippen LogP contribution in [0.15, 0.2) is 12.7 Å². The van der Waals surface area contributed by atoms with Crippen LogP contribution in [0.5, 0.6) is 0 Å². The van der Waals surface area contributed by atoms with E-state index in [1.165, 1.54) is 0 Å². The Bertz CT molecular complexity index is 342. The second-order valence-corrected chi connectivity index (χ2v) is 3.13. The van der Waals surface area contributed by atoms with Crippen molar-refractivity contribution >= 4 is 35.2 Å². The predicted octanol–water partition coefficient (Wildman–Crippen LogP) is -0.991. The van der Waals surface area contributed by atoms with Crippen molar-refractivity contribution < 1.29 is 23.9 Å². The van der Waals surface area contributed by atoms with Gasteiger partial charge in [-0.3, -0.25) is 9.59 Å². The van der Waals surface area contributed by atoms with E-state index in [0.717, 1.165) is 6.08 Å². The van der Waals surface area contributed by atoms with E-state index in [0.29, 0.717) is 0 Å². The highest BCUT2D eigenvalue weighted by Gasteiger charge is 2.08. The summed E-state index contributed by atoms with van der Waals surface area (Å²) in [5.41, 5.74) is 5.02. The van der Waals surface area contributed by atoms with E-state index >= 15 is 0 Å². The second-order valence-electron chi connectivity index (χ2n) is 2.69. The van der Waals surface area contributed by atoms with Gasteiger partial charge in [0.15, 0.2) is 11.7 Å². The summed E-state index contributed by atoms with van der Waals surface area (Å²) in [4.78, 5) is 32.5. The van der Waals surface area contributed by atoms with E-state index in [2.05, 4.69) is 33.6 Å². The molecular formula is C9H12N2O5S. The minimum atomic E-state index is -0.681. The Kier molecular flexibility index (Phi) is 7.27. The first-order valence-electron chi connectivity index (χ1n) is 4.49. The summed E-state index contributed by atoms with van der Waals surface area (Å²) in [7, 11) is 0. The van der Waals surface area contributed by atoms with Crippen LogP contribution < -0.4 is 11.1 Å². The quantitative estimate of drug-likeness (QED) is 0.358. The molecule has 7 nitrogen and oxygen atoms in total. The van der Waals surface area contributed by atoms with Gasteiger partial charge in [-0.25, -0.2) is 4.79 Å². The molecule has 0 aliphatic carbocycles. The van der Waals surface area contributed by atoms with E-state index < -0.39 is 24.5 Å². The van der Waals surface area contributed by atoms with E-state index in [9.17, 15) is 14.4 Å². The molecule has 0 aromatic carbocycles. The zero-order valence-corrected chi connectivity index (χ0v) is 9.75. The number of nitrogens with two attached hydrogens (primary N) is 1. The van der Waals surface area contributed by atoms with Crippen LogP contribution in [0.25, 0.3) is 0 Å². The summed E-state index contributed by atoms with van der Waals surface area (Å²) in [6.45, 7) is 2.55. The lowest BCUT2D eigenvalue weighted by atomic mass is 10.4. The smallest absolute Gasteiger partial charge is 0.330 e. The number of ether oxygens (including phenoxy) is 2. The van der Waals surface area contributed by atoms with Crippen molar-refractivity contribution in [1.82, 2.24) is 5.32 Å². The summed E-state index contributed by atoms with van der Waals surface area (Å²) >= 11 is 4.40. The highest BCUT2D eigenvalue weighted by Crippen LogP contribution is 1.89. The average Bonchev–Trinajstić information content (AvgIpc) is 2.25. The maximum atomic E-state index is 11.0. The van der Waals surface area contributed by atoms with Crippen LogP contribution in [-0.4, -0.2) is 36.2 Å². The second kappa shape index (κ2) is 8.22. The maximum absolute atomic E-state index is 11.0. The third-order valence-corrected chi connectivity index (χ3v) is 1.45. The molecule has 0 aromatic rings. The Morgan fingerprint density at radius 2 is 2.00 bits per heavy atom. The van der Waals surface area contributed by atoms with E-state index in [-0.39, 0.29) is 18.1 Å². The summed E-state index contributed by atoms with van der Waals surface area (Å²) < 4.78 is 9.07. The molecule has 3 N–H and O–H groups in total. The lowest BCUT2D eigenvalue weighted by Crippen LogP contribution is -2.37. The minimum Gasteiger partial charge on any atom is -0.462 e. The van der Waals surface area contributed by atoms with E-state index in [4.69, 9.17) is 5.73 Å². The zero-order chi connectivity index (χ0) is 13.3. The fourth-order valence-electron chi connectivity index (χ4n) is 0.686. The Morgan fingerprint density at radius 1 is 1.35 bits per heavy atom. The number of amides is 1. The van der Waals surface area contributed by atoms with Crippen molar-refractivity contribution in [2.75, 3.05) is 13.2 Å². The van der Waals surface area contributed by atoms with Crippen molar-refractivity contribution in [2.45, 2.75) is 6.42 Å². The molecule has 8 heteroatoms. The van der Waals surface area contributed by atoms with Gasteiger partial charge in [0, 0.05) is 6.08 Å². The van der Waals surface area contributed by atoms with Gasteiger partial charge in [-0.05, 0) is 12.2 Å². The van der Waals surface area contributed by atoms with Crippen molar-refractivity contribution in [3.63, 3.8) is 0 Å². The lowest BCUT2D eigenvalue weighted by molar-refractivity contribution is -0.150. The van der Waals surface area contributed by atoms with Gasteiger partial charge in [0.05, 0.1) is 6.42 Å². The molecular weight excluding hydrogens is 248 g/mol. The Balaban J connectivity index is 3.66. The molecule has 0 spiro atoms. The first kappa shape index (κ1) is 15.0. The molecule has 0 unspecified atom stereocenters. The van der Waals surface area contributed by atoms with Gasteiger partial charge >= 0.3 is 11.9 Å². The molecule has 94 valence electrons. The number of thiocarbonyl (C=S) groups is 1. The largest absolute Gasteiger partial charge is 0.462 e. The number of hydrogen-bond donors (Lipinski definition) is 2. The molecule has 0 radical (unpaired) electrons. The first-order chi connectivity index (χ1) is 7.95. The van der Waals surface area contributed by atoms with Crippen molar-refractivity contribution in [2.24, 2.45) is 5.73 Å². The first-order valence-corrected chi connectivity index (χ1v) is 4.90. The number of rotatable bonds is 6. The van der Waals surface area contributed by atoms with Crippen LogP contribution in [-0.2, 0) is 23.9 Å². The Labute approximate surface area is 103 Å². The van der Waals surface area contributed by atoms with Gasteiger partial charge in [-0.2, -0.15) is 0 Å². The molecule has 0 saturated carbocycles. The summed E-state index contributed by atoms with van der Waals surface area (Å²) in [6, 6.07) is 0. The number of hydrogen-bond acceptors (Lipinski definition) is 6. The molecule has 0 aromatic heterocycles. The number of esters is 2. The van der Waals surface area contributed by atoms with Gasteiger partial charge in [0.1, 0.15) is 6.61 Å². The molecule has 0 aliphatic heterocycles. The van der Waals surface area contributed by atoms with Gasteiger partial charge in [-0.1, -0.05) is 6.58 Å². The highest BCUT2D eigenvalue weighted by molar-refractivity contribution is 7.80. The third-order valence-electron chi connectivity index (χ3n) is 1.34. The lowest BCUT2D eigenvalue weighted by Gasteiger charge is -2.05. The van der Waals surface area contributed by atoms with Crippen LogP contribution in [0.1, 0.15) is 6.42 Å². The van der Waals surface area contributed by atoms with Crippen LogP contribution in [0.3, 0.4) is 0 Å². The van der Waals surface area contributed by atoms with Crippen LogP contribution in [0, 0.1) is 0 Å². The average molecular weight is 260 g/mol. The number of nitrogens with one attached hydrogen (secondary N) is 1. The molecule has 1 amide bonds. The zero-order valence-electron chi connectivity index (χ0n) is 8.93. The standard InChI is InChI=1S/C9H12N2O5S/c1-2-7(13)15-4-3-8(14)16-5-6(12)11-9(10)17/h2H,1,3-5H2,(H3,10,11,12,17). The van der Waals surface area contributed by atoms with Crippen molar-refractivity contribution in [3.05, 3.63) is 12.7 Å². The molecule has 0 aliphatic rings. The number of carbonyl (C=O) groups excluding carboxylic acids is 3. The monoisotopic (exact) mass is 260 g/mol. The van der Waals surface area contributed by atoms with Crippen LogP contribution in [0.2, 0.25) is 0 Å². The van der Waals surface area contributed by atoms with Gasteiger partial charge in [0.25, 0.3) is 5.91 Å². The molecule has 17 heavy (non-hydrogen) atoms. The fraction of sp³-hybridized carbons (Fsp3) is 0.333. The molecule has 0 heterocycles. The van der Waals surface area contributed by atoms with Crippen LogP contribution in [0.4, 0.5) is 0 Å². The SMILES string of the molecule is C=CC(=O)OCCC(=O)OCC(=O)NC(N)=S. The molecule has 0 atom stereocenters. The molecule has 0 bridgehead atoms. The fourth-order valence-corrected chi connectivity index (χ4v) is 0.799. The Morgan fingerprint density at radius 3 is 2.53 bits per heavy atom. The van der Waals surface area contributed by atoms with Gasteiger partial charge in [-0.15, -0.1) is 0 Å². The van der Waals surface area contributed by atoms with Gasteiger partial charge < -0.3 is 20.5 Å². The molecule has 0 rings (SSSR count). The van der Waals surface area contributed by atoms with E-state index in [1.807, 2.05) is 0 Å². The van der Waals surface area contributed by atoms with Crippen molar-refractivity contribution in [1.29, 1.82) is 0 Å². The van der Waals surface area contributed by atoms with E-state index in [1.54, 1.807) is 0 Å². The van der Waals surface area contributed by atoms with Gasteiger partial charge in [0.2, 0.25) is 0 Å². The van der Waals surface area contributed by atoms with Crippen LogP contribution >= 0.6 is 12.2 Å². The summed E-state index contributed by atoms with van der Waals surface area (Å²) in [5.74, 6) is -1.95. The number of carbonyl (C=O) groups is 3. The topological polar surface area (TPSA) is 108 Å². The predicted molar refractivity (Wildman–Crippen MR) is 61.7 cm³/mol.